The van der Waals surface area contributed by atoms with Crippen LogP contribution in [0.3, 0.4) is 0 Å². The Labute approximate surface area is 256 Å². The van der Waals surface area contributed by atoms with Crippen molar-refractivity contribution < 1.29 is 0 Å². The second kappa shape index (κ2) is 9.77. The van der Waals surface area contributed by atoms with Crippen LogP contribution in [0.4, 0.5) is 17.1 Å². The van der Waals surface area contributed by atoms with Gasteiger partial charge in [0.05, 0.1) is 15.9 Å². The van der Waals surface area contributed by atoms with Gasteiger partial charge >= 0.3 is 0 Å². The molecule has 0 saturated carbocycles. The van der Waals surface area contributed by atoms with Crippen LogP contribution < -0.4 is 4.90 Å². The van der Waals surface area contributed by atoms with Gasteiger partial charge in [0.1, 0.15) is 5.01 Å². The average molecular weight is 585 g/mol. The summed E-state index contributed by atoms with van der Waals surface area (Å²) in [4.78, 5) is 7.42. The van der Waals surface area contributed by atoms with Gasteiger partial charge in [-0.05, 0) is 58.6 Å². The summed E-state index contributed by atoms with van der Waals surface area (Å²) in [6.07, 6.45) is 0. The molecule has 202 valence electrons. The van der Waals surface area contributed by atoms with Gasteiger partial charge in [0.2, 0.25) is 0 Å². The molecule has 0 atom stereocenters. The first-order valence-electron chi connectivity index (χ1n) is 14.4. The number of aromatic nitrogens is 1. The number of para-hydroxylation sites is 1. The van der Waals surface area contributed by atoms with Crippen molar-refractivity contribution in [2.45, 2.75) is 0 Å². The quantitative estimate of drug-likeness (QED) is 0.191. The van der Waals surface area contributed by atoms with E-state index in [1.54, 1.807) is 11.3 Å². The summed E-state index contributed by atoms with van der Waals surface area (Å²) in [5, 5.41) is 8.68. The Balaban J connectivity index is 1.28. The van der Waals surface area contributed by atoms with E-state index in [-0.39, 0.29) is 0 Å². The number of thiazole rings is 1. The Morgan fingerprint density at radius 3 is 2.05 bits per heavy atom. The minimum Gasteiger partial charge on any atom is -0.310 e. The van der Waals surface area contributed by atoms with Crippen LogP contribution in [-0.2, 0) is 0 Å². The minimum atomic E-state index is 1.06. The summed E-state index contributed by atoms with van der Waals surface area (Å²) in [5.74, 6) is 0. The fourth-order valence-corrected chi connectivity index (χ4v) is 8.64. The Morgan fingerprint density at radius 2 is 1.21 bits per heavy atom. The van der Waals surface area contributed by atoms with E-state index in [1.165, 1.54) is 57.7 Å². The minimum absolute atomic E-state index is 1.06. The van der Waals surface area contributed by atoms with E-state index in [0.29, 0.717) is 0 Å². The molecule has 0 aliphatic carbocycles. The molecule has 9 aromatic rings. The SMILES string of the molecule is c1ccc(-c2nc3ccc4sc5cc(N(c6ccccc6)c6cc7ccccc7c7ccccc67)ccc5c4c3s2)cc1. The van der Waals surface area contributed by atoms with E-state index in [1.807, 2.05) is 11.3 Å². The predicted octanol–water partition coefficient (Wildman–Crippen LogP) is 12.1. The van der Waals surface area contributed by atoms with Crippen molar-refractivity contribution in [1.82, 2.24) is 4.98 Å². The fourth-order valence-electron chi connectivity index (χ4n) is 6.30. The van der Waals surface area contributed by atoms with Crippen LogP contribution in [0.5, 0.6) is 0 Å². The molecule has 4 heteroatoms. The molecule has 2 heterocycles. The smallest absolute Gasteiger partial charge is 0.124 e. The molecule has 0 unspecified atom stereocenters. The van der Waals surface area contributed by atoms with Gasteiger partial charge in [-0.2, -0.15) is 0 Å². The Kier molecular flexibility index (Phi) is 5.58. The highest BCUT2D eigenvalue weighted by atomic mass is 32.1. The lowest BCUT2D eigenvalue weighted by Crippen LogP contribution is -2.10. The first kappa shape index (κ1) is 24.6. The number of rotatable bonds is 4. The van der Waals surface area contributed by atoms with Crippen molar-refractivity contribution in [2.24, 2.45) is 0 Å². The molecule has 0 amide bonds. The third kappa shape index (κ3) is 3.95. The molecule has 2 aromatic heterocycles. The third-order valence-electron chi connectivity index (χ3n) is 8.25. The van der Waals surface area contributed by atoms with E-state index in [9.17, 15) is 0 Å². The topological polar surface area (TPSA) is 16.1 Å². The first-order valence-corrected chi connectivity index (χ1v) is 16.0. The van der Waals surface area contributed by atoms with Gasteiger partial charge in [0, 0.05) is 42.5 Å². The van der Waals surface area contributed by atoms with Gasteiger partial charge in [-0.1, -0.05) is 103 Å². The van der Waals surface area contributed by atoms with Crippen LogP contribution in [-0.4, -0.2) is 4.98 Å². The number of benzene rings is 7. The van der Waals surface area contributed by atoms with Crippen LogP contribution in [0.25, 0.3) is 62.5 Å². The van der Waals surface area contributed by atoms with E-state index < -0.39 is 0 Å². The Morgan fingerprint density at radius 1 is 0.488 bits per heavy atom. The summed E-state index contributed by atoms with van der Waals surface area (Å²) in [5.41, 5.74) is 5.70. The summed E-state index contributed by atoms with van der Waals surface area (Å²) in [6, 6.07) is 52.4. The zero-order chi connectivity index (χ0) is 28.3. The van der Waals surface area contributed by atoms with Crippen molar-refractivity contribution in [2.75, 3.05) is 4.90 Å². The van der Waals surface area contributed by atoms with Crippen molar-refractivity contribution in [3.63, 3.8) is 0 Å². The number of hydrogen-bond donors (Lipinski definition) is 0. The highest BCUT2D eigenvalue weighted by molar-refractivity contribution is 7.28. The maximum Gasteiger partial charge on any atom is 0.124 e. The number of fused-ring (bicyclic) bond motifs is 8. The Bertz CT molecular complexity index is 2460. The van der Waals surface area contributed by atoms with E-state index >= 15 is 0 Å². The van der Waals surface area contributed by atoms with Gasteiger partial charge in [-0.3, -0.25) is 0 Å². The summed E-state index contributed by atoms with van der Waals surface area (Å²) >= 11 is 3.65. The molecule has 9 rings (SSSR count). The molecule has 0 saturated heterocycles. The van der Waals surface area contributed by atoms with Gasteiger partial charge in [0.25, 0.3) is 0 Å². The number of nitrogens with zero attached hydrogens (tertiary/aromatic N) is 2. The van der Waals surface area contributed by atoms with Gasteiger partial charge in [0.15, 0.2) is 0 Å². The molecular formula is C39H24N2S2. The van der Waals surface area contributed by atoms with Crippen molar-refractivity contribution >= 4 is 91.7 Å². The summed E-state index contributed by atoms with van der Waals surface area (Å²) in [6.45, 7) is 0. The summed E-state index contributed by atoms with van der Waals surface area (Å²) < 4.78 is 3.84. The third-order valence-corrected chi connectivity index (χ3v) is 10.5. The molecule has 2 nitrogen and oxygen atoms in total. The molecule has 0 aliphatic rings. The molecule has 0 fully saturated rings. The standard InChI is InChI=1S/C39H24N2S2/c1-3-11-25(12-4-1)39-40-33-21-22-35-37(38(33)43-39)32-20-19-28(24-36(32)42-35)41(27-14-5-2-6-15-27)34-23-26-13-7-8-16-29(26)30-17-9-10-18-31(30)34/h1-24H. The van der Waals surface area contributed by atoms with Gasteiger partial charge in [-0.15, -0.1) is 22.7 Å². The van der Waals surface area contributed by atoms with Crippen molar-refractivity contribution in [1.29, 1.82) is 0 Å². The molecule has 7 aromatic carbocycles. The second-order valence-corrected chi connectivity index (χ2v) is 12.9. The fraction of sp³-hybridized carbons (Fsp3) is 0. The zero-order valence-electron chi connectivity index (χ0n) is 23.1. The molecule has 0 radical (unpaired) electrons. The van der Waals surface area contributed by atoms with Crippen molar-refractivity contribution in [3.05, 3.63) is 146 Å². The molecule has 43 heavy (non-hydrogen) atoms. The lowest BCUT2D eigenvalue weighted by molar-refractivity contribution is 1.31. The first-order chi connectivity index (χ1) is 21.3. The summed E-state index contributed by atoms with van der Waals surface area (Å²) in [7, 11) is 0. The largest absolute Gasteiger partial charge is 0.310 e. The lowest BCUT2D eigenvalue weighted by atomic mass is 9.99. The average Bonchev–Trinajstić information content (AvgIpc) is 3.67. The molecule has 0 spiro atoms. The zero-order valence-corrected chi connectivity index (χ0v) is 24.7. The maximum atomic E-state index is 5.01. The predicted molar refractivity (Wildman–Crippen MR) is 188 cm³/mol. The lowest BCUT2D eigenvalue weighted by Gasteiger charge is -2.27. The highest BCUT2D eigenvalue weighted by Gasteiger charge is 2.19. The Hall–Kier alpha value is -5.03. The van der Waals surface area contributed by atoms with Crippen molar-refractivity contribution in [3.8, 4) is 10.6 Å². The molecule has 0 N–H and O–H groups in total. The van der Waals surface area contributed by atoms with Gasteiger partial charge < -0.3 is 4.90 Å². The number of hydrogen-bond acceptors (Lipinski definition) is 4. The van der Waals surface area contributed by atoms with Crippen LogP contribution in [0.2, 0.25) is 0 Å². The second-order valence-electron chi connectivity index (χ2n) is 10.8. The number of anilines is 3. The van der Waals surface area contributed by atoms with E-state index in [2.05, 4.69) is 150 Å². The van der Waals surface area contributed by atoms with Crippen LogP contribution >= 0.6 is 22.7 Å². The normalized spacial score (nSPS) is 11.7. The molecular weight excluding hydrogens is 561 g/mol. The molecule has 0 aliphatic heterocycles. The highest BCUT2D eigenvalue weighted by Crippen LogP contribution is 2.46. The maximum absolute atomic E-state index is 5.01. The van der Waals surface area contributed by atoms with Gasteiger partial charge in [-0.25, -0.2) is 4.98 Å². The van der Waals surface area contributed by atoms with E-state index in [0.717, 1.165) is 21.9 Å². The van der Waals surface area contributed by atoms with Crippen LogP contribution in [0, 0.1) is 0 Å². The van der Waals surface area contributed by atoms with E-state index in [4.69, 9.17) is 4.98 Å². The van der Waals surface area contributed by atoms with Crippen LogP contribution in [0.15, 0.2) is 146 Å². The van der Waals surface area contributed by atoms with Crippen LogP contribution in [0.1, 0.15) is 0 Å². The number of thiophene rings is 1. The molecule has 0 bridgehead atoms. The monoisotopic (exact) mass is 584 g/mol.